The van der Waals surface area contributed by atoms with E-state index in [1.165, 1.54) is 12.7 Å². The SMILES string of the molecule is CCc1ccc([C@@H]2c3c(C)nn(C)c3CC(=O)[C@H]2NC(=O)c2ccc(OC)c(OC)c2)cc1. The zero-order valence-electron chi connectivity index (χ0n) is 19.6. The van der Waals surface area contributed by atoms with Crippen molar-refractivity contribution in [1.82, 2.24) is 15.1 Å². The number of hydrogen-bond donors (Lipinski definition) is 1. The van der Waals surface area contributed by atoms with Crippen molar-refractivity contribution in [2.75, 3.05) is 14.2 Å². The summed E-state index contributed by atoms with van der Waals surface area (Å²) in [6.45, 7) is 4.06. The number of hydrogen-bond acceptors (Lipinski definition) is 5. The van der Waals surface area contributed by atoms with Gasteiger partial charge in [0.15, 0.2) is 17.3 Å². The van der Waals surface area contributed by atoms with Crippen LogP contribution in [0.2, 0.25) is 0 Å². The Morgan fingerprint density at radius 2 is 1.82 bits per heavy atom. The molecular weight excluding hydrogens is 418 g/mol. The highest BCUT2D eigenvalue weighted by Crippen LogP contribution is 2.38. The molecule has 3 aromatic rings. The number of nitrogens with zero attached hydrogens (tertiary/aromatic N) is 2. The number of Topliss-reactive ketones (excluding diaryl/α,β-unsaturated/α-hetero) is 1. The first-order valence-electron chi connectivity index (χ1n) is 11.0. The van der Waals surface area contributed by atoms with Crippen LogP contribution >= 0.6 is 0 Å². The van der Waals surface area contributed by atoms with E-state index < -0.39 is 6.04 Å². The highest BCUT2D eigenvalue weighted by molar-refractivity contribution is 6.00. The number of carbonyl (C=O) groups excluding carboxylic acids is 2. The Kier molecular flexibility index (Phi) is 6.22. The number of ether oxygens (including phenoxy) is 2. The standard InChI is InChI=1S/C26H29N3O4/c1-6-16-7-9-17(10-8-16)24-23-15(2)28-29(3)19(23)14-20(30)25(24)27-26(31)18-11-12-21(32-4)22(13-18)33-5/h7-13,24-25H,6,14H2,1-5H3,(H,27,31)/t24-,25-/m1/s1. The first-order valence-corrected chi connectivity index (χ1v) is 11.0. The molecule has 0 radical (unpaired) electrons. The average molecular weight is 448 g/mol. The molecule has 1 heterocycles. The van der Waals surface area contributed by atoms with Crippen molar-refractivity contribution in [1.29, 1.82) is 0 Å². The summed E-state index contributed by atoms with van der Waals surface area (Å²) < 4.78 is 12.4. The molecule has 0 unspecified atom stereocenters. The highest BCUT2D eigenvalue weighted by Gasteiger charge is 2.41. The highest BCUT2D eigenvalue weighted by atomic mass is 16.5. The van der Waals surface area contributed by atoms with Crippen LogP contribution in [0.1, 0.15) is 51.3 Å². The third kappa shape index (κ3) is 4.11. The van der Waals surface area contributed by atoms with Crippen LogP contribution in [-0.2, 0) is 24.7 Å². The first-order chi connectivity index (χ1) is 15.9. The Morgan fingerprint density at radius 3 is 2.45 bits per heavy atom. The summed E-state index contributed by atoms with van der Waals surface area (Å²) in [6.07, 6.45) is 1.16. The minimum absolute atomic E-state index is 0.0381. The average Bonchev–Trinajstić information content (AvgIpc) is 3.11. The molecule has 7 heteroatoms. The molecule has 172 valence electrons. The lowest BCUT2D eigenvalue weighted by Crippen LogP contribution is -2.48. The van der Waals surface area contributed by atoms with Gasteiger partial charge in [0, 0.05) is 29.8 Å². The van der Waals surface area contributed by atoms with Crippen LogP contribution in [0.15, 0.2) is 42.5 Å². The van der Waals surface area contributed by atoms with Crippen molar-refractivity contribution >= 4 is 11.7 Å². The number of aromatic nitrogens is 2. The fourth-order valence-electron chi connectivity index (χ4n) is 4.65. The van der Waals surface area contributed by atoms with Gasteiger partial charge >= 0.3 is 0 Å². The molecule has 2 atom stereocenters. The molecule has 0 saturated carbocycles. The Labute approximate surface area is 193 Å². The summed E-state index contributed by atoms with van der Waals surface area (Å²) in [5.41, 5.74) is 5.38. The fourth-order valence-corrected chi connectivity index (χ4v) is 4.65. The van der Waals surface area contributed by atoms with Crippen LogP contribution in [0.5, 0.6) is 11.5 Å². The molecule has 7 nitrogen and oxygen atoms in total. The van der Waals surface area contributed by atoms with Crippen molar-refractivity contribution in [2.24, 2.45) is 7.05 Å². The van der Waals surface area contributed by atoms with Crippen LogP contribution in [0.25, 0.3) is 0 Å². The van der Waals surface area contributed by atoms with E-state index in [1.807, 2.05) is 26.1 Å². The van der Waals surface area contributed by atoms with Crippen LogP contribution in [0.4, 0.5) is 0 Å². The molecular formula is C26H29N3O4. The normalized spacial score (nSPS) is 17.4. The van der Waals surface area contributed by atoms with Crippen LogP contribution in [-0.4, -0.2) is 41.7 Å². The van der Waals surface area contributed by atoms with E-state index in [4.69, 9.17) is 9.47 Å². The van der Waals surface area contributed by atoms with Gasteiger partial charge in [-0.2, -0.15) is 5.10 Å². The van der Waals surface area contributed by atoms with Crippen molar-refractivity contribution in [3.63, 3.8) is 0 Å². The quantitative estimate of drug-likeness (QED) is 0.627. The smallest absolute Gasteiger partial charge is 0.252 e. The largest absolute Gasteiger partial charge is 0.493 e. The molecule has 1 aliphatic rings. The molecule has 1 aliphatic carbocycles. The zero-order chi connectivity index (χ0) is 23.7. The number of amides is 1. The molecule has 1 amide bonds. The Bertz CT molecular complexity index is 1200. The number of ketones is 1. The van der Waals surface area contributed by atoms with E-state index >= 15 is 0 Å². The Hall–Kier alpha value is -3.61. The van der Waals surface area contributed by atoms with Gasteiger partial charge in [-0.15, -0.1) is 0 Å². The van der Waals surface area contributed by atoms with Gasteiger partial charge < -0.3 is 14.8 Å². The van der Waals surface area contributed by atoms with Crippen LogP contribution in [0, 0.1) is 6.92 Å². The topological polar surface area (TPSA) is 82.5 Å². The minimum Gasteiger partial charge on any atom is -0.493 e. The monoisotopic (exact) mass is 447 g/mol. The van der Waals surface area contributed by atoms with Gasteiger partial charge in [-0.1, -0.05) is 31.2 Å². The summed E-state index contributed by atoms with van der Waals surface area (Å²) in [6, 6.07) is 12.5. The number of carbonyl (C=O) groups is 2. The van der Waals surface area contributed by atoms with E-state index in [-0.39, 0.29) is 24.0 Å². The van der Waals surface area contributed by atoms with Gasteiger partial charge in [0.05, 0.1) is 32.4 Å². The third-order valence-corrected chi connectivity index (χ3v) is 6.40. The maximum absolute atomic E-state index is 13.3. The minimum atomic E-state index is -0.700. The van der Waals surface area contributed by atoms with Crippen molar-refractivity contribution in [2.45, 2.75) is 38.6 Å². The maximum Gasteiger partial charge on any atom is 0.252 e. The number of rotatable bonds is 6. The lowest BCUT2D eigenvalue weighted by Gasteiger charge is -2.32. The summed E-state index contributed by atoms with van der Waals surface area (Å²) in [5, 5.41) is 7.58. The Morgan fingerprint density at radius 1 is 1.12 bits per heavy atom. The molecule has 0 spiro atoms. The predicted octanol–water partition coefficient (Wildman–Crippen LogP) is 3.36. The van der Waals surface area contributed by atoms with E-state index in [2.05, 4.69) is 29.5 Å². The first kappa shape index (κ1) is 22.6. The van der Waals surface area contributed by atoms with Crippen molar-refractivity contribution in [3.05, 3.63) is 76.1 Å². The van der Waals surface area contributed by atoms with Crippen LogP contribution in [0.3, 0.4) is 0 Å². The number of benzene rings is 2. The number of methoxy groups -OCH3 is 2. The summed E-state index contributed by atoms with van der Waals surface area (Å²) in [7, 11) is 4.92. The summed E-state index contributed by atoms with van der Waals surface area (Å²) >= 11 is 0. The predicted molar refractivity (Wildman–Crippen MR) is 125 cm³/mol. The van der Waals surface area contributed by atoms with Gasteiger partial charge in [0.25, 0.3) is 5.91 Å². The maximum atomic E-state index is 13.3. The lowest BCUT2D eigenvalue weighted by atomic mass is 9.76. The van der Waals surface area contributed by atoms with Gasteiger partial charge in [-0.3, -0.25) is 14.3 Å². The molecule has 1 N–H and O–H groups in total. The van der Waals surface area contributed by atoms with E-state index in [1.54, 1.807) is 30.0 Å². The summed E-state index contributed by atoms with van der Waals surface area (Å²) in [5.74, 6) is 0.299. The fraction of sp³-hybridized carbons (Fsp3) is 0.346. The van der Waals surface area contributed by atoms with E-state index in [9.17, 15) is 9.59 Å². The molecule has 0 bridgehead atoms. The number of fused-ring (bicyclic) bond motifs is 1. The molecule has 4 rings (SSSR count). The lowest BCUT2D eigenvalue weighted by molar-refractivity contribution is -0.121. The molecule has 33 heavy (non-hydrogen) atoms. The molecule has 0 aliphatic heterocycles. The second kappa shape index (κ2) is 9.10. The Balaban J connectivity index is 1.74. The van der Waals surface area contributed by atoms with Gasteiger partial charge in [0.1, 0.15) is 0 Å². The molecule has 0 fully saturated rings. The zero-order valence-corrected chi connectivity index (χ0v) is 19.6. The number of aryl methyl sites for hydroxylation is 3. The number of nitrogens with one attached hydrogen (secondary N) is 1. The van der Waals surface area contributed by atoms with Gasteiger partial charge in [-0.25, -0.2) is 0 Å². The molecule has 1 aromatic heterocycles. The third-order valence-electron chi connectivity index (χ3n) is 6.40. The van der Waals surface area contributed by atoms with Crippen molar-refractivity contribution < 1.29 is 19.1 Å². The molecule has 0 saturated heterocycles. The molecule has 2 aromatic carbocycles. The van der Waals surface area contributed by atoms with Crippen molar-refractivity contribution in [3.8, 4) is 11.5 Å². The summed E-state index contributed by atoms with van der Waals surface area (Å²) in [4.78, 5) is 26.5. The van der Waals surface area contributed by atoms with E-state index in [0.29, 0.717) is 17.1 Å². The van der Waals surface area contributed by atoms with E-state index in [0.717, 1.165) is 28.9 Å². The van der Waals surface area contributed by atoms with Gasteiger partial charge in [-0.05, 0) is 42.7 Å². The van der Waals surface area contributed by atoms with Crippen LogP contribution < -0.4 is 14.8 Å². The van der Waals surface area contributed by atoms with Gasteiger partial charge in [0.2, 0.25) is 0 Å². The second-order valence-corrected chi connectivity index (χ2v) is 8.31. The second-order valence-electron chi connectivity index (χ2n) is 8.31.